The average Bonchev–Trinajstić information content (AvgIpc) is 2.30. The van der Waals surface area contributed by atoms with E-state index in [2.05, 4.69) is 5.32 Å². The Bertz CT molecular complexity index is 380. The number of nitro benzene ring substituents is 1. The lowest BCUT2D eigenvalue weighted by molar-refractivity contribution is -0.385. The van der Waals surface area contributed by atoms with Crippen molar-refractivity contribution in [3.05, 3.63) is 39.4 Å². The molecule has 0 aliphatic rings. The number of ether oxygens (including phenoxy) is 1. The fraction of sp³-hybridized carbons (Fsp3) is 0.500. The third-order valence-corrected chi connectivity index (χ3v) is 2.50. The molecule has 0 unspecified atom stereocenters. The molecule has 5 nitrogen and oxygen atoms in total. The van der Waals surface area contributed by atoms with Crippen molar-refractivity contribution >= 4 is 5.69 Å². The van der Waals surface area contributed by atoms with E-state index in [1.165, 1.54) is 0 Å². The molecule has 0 heterocycles. The molecule has 0 spiro atoms. The summed E-state index contributed by atoms with van der Waals surface area (Å²) in [6.45, 7) is 3.95. The van der Waals surface area contributed by atoms with E-state index >= 15 is 0 Å². The van der Waals surface area contributed by atoms with Crippen LogP contribution in [0, 0.1) is 17.0 Å². The number of methoxy groups -OCH3 is 1. The summed E-state index contributed by atoms with van der Waals surface area (Å²) < 4.78 is 4.93. The summed E-state index contributed by atoms with van der Waals surface area (Å²) in [5.41, 5.74) is 1.80. The highest BCUT2D eigenvalue weighted by atomic mass is 16.6. The Balaban J connectivity index is 2.49. The largest absolute Gasteiger partial charge is 0.385 e. The molecule has 1 aromatic rings. The van der Waals surface area contributed by atoms with Crippen molar-refractivity contribution in [3.8, 4) is 0 Å². The van der Waals surface area contributed by atoms with Crippen LogP contribution in [0.5, 0.6) is 0 Å². The molecule has 0 saturated carbocycles. The Morgan fingerprint density at radius 1 is 1.47 bits per heavy atom. The van der Waals surface area contributed by atoms with E-state index in [1.54, 1.807) is 26.2 Å². The van der Waals surface area contributed by atoms with E-state index in [9.17, 15) is 10.1 Å². The first-order valence-electron chi connectivity index (χ1n) is 5.58. The van der Waals surface area contributed by atoms with Crippen molar-refractivity contribution in [1.29, 1.82) is 0 Å². The molecule has 0 saturated heterocycles. The van der Waals surface area contributed by atoms with E-state index in [1.807, 2.05) is 6.07 Å². The SMILES string of the molecule is COCCCNCc1ccc(C)c([N+](=O)[O-])c1. The number of nitrogens with one attached hydrogen (secondary N) is 1. The number of aryl methyl sites for hydroxylation is 1. The van der Waals surface area contributed by atoms with Crippen LogP contribution in [-0.2, 0) is 11.3 Å². The molecular weight excluding hydrogens is 220 g/mol. The van der Waals surface area contributed by atoms with Gasteiger partial charge in [-0.2, -0.15) is 0 Å². The molecule has 1 aromatic carbocycles. The molecule has 0 aliphatic carbocycles. The van der Waals surface area contributed by atoms with Gasteiger partial charge in [-0.25, -0.2) is 0 Å². The van der Waals surface area contributed by atoms with Crippen LogP contribution in [0.2, 0.25) is 0 Å². The first-order chi connectivity index (χ1) is 8.15. The minimum Gasteiger partial charge on any atom is -0.385 e. The maximum atomic E-state index is 10.8. The van der Waals surface area contributed by atoms with Crippen molar-refractivity contribution < 1.29 is 9.66 Å². The second kappa shape index (κ2) is 6.98. The van der Waals surface area contributed by atoms with Crippen LogP contribution in [0.4, 0.5) is 5.69 Å². The zero-order valence-corrected chi connectivity index (χ0v) is 10.2. The highest BCUT2D eigenvalue weighted by Crippen LogP contribution is 2.18. The number of hydrogen-bond donors (Lipinski definition) is 1. The van der Waals surface area contributed by atoms with Gasteiger partial charge in [-0.15, -0.1) is 0 Å². The van der Waals surface area contributed by atoms with E-state index in [0.29, 0.717) is 12.1 Å². The van der Waals surface area contributed by atoms with Gasteiger partial charge in [0.1, 0.15) is 0 Å². The van der Waals surface area contributed by atoms with Crippen LogP contribution in [0.1, 0.15) is 17.5 Å². The zero-order chi connectivity index (χ0) is 12.7. The quantitative estimate of drug-likeness (QED) is 0.448. The summed E-state index contributed by atoms with van der Waals surface area (Å²) in [6, 6.07) is 5.31. The third-order valence-electron chi connectivity index (χ3n) is 2.50. The van der Waals surface area contributed by atoms with E-state index in [4.69, 9.17) is 4.74 Å². The molecule has 94 valence electrons. The third kappa shape index (κ3) is 4.50. The van der Waals surface area contributed by atoms with Gasteiger partial charge >= 0.3 is 0 Å². The van der Waals surface area contributed by atoms with Crippen LogP contribution in [0.3, 0.4) is 0 Å². The Morgan fingerprint density at radius 2 is 2.24 bits per heavy atom. The molecule has 0 amide bonds. The van der Waals surface area contributed by atoms with Crippen molar-refractivity contribution in [2.45, 2.75) is 19.9 Å². The maximum absolute atomic E-state index is 10.8. The minimum absolute atomic E-state index is 0.182. The number of benzene rings is 1. The summed E-state index contributed by atoms with van der Waals surface area (Å²) >= 11 is 0. The van der Waals surface area contributed by atoms with E-state index in [-0.39, 0.29) is 10.6 Å². The lowest BCUT2D eigenvalue weighted by Gasteiger charge is -2.05. The highest BCUT2D eigenvalue weighted by molar-refractivity contribution is 5.42. The Labute approximate surface area is 101 Å². The van der Waals surface area contributed by atoms with Gasteiger partial charge in [0.05, 0.1) is 4.92 Å². The topological polar surface area (TPSA) is 64.4 Å². The van der Waals surface area contributed by atoms with Crippen molar-refractivity contribution in [1.82, 2.24) is 5.32 Å². The minimum atomic E-state index is -0.343. The monoisotopic (exact) mass is 238 g/mol. The van der Waals surface area contributed by atoms with Gasteiger partial charge < -0.3 is 10.1 Å². The number of hydrogen-bond acceptors (Lipinski definition) is 4. The first-order valence-corrected chi connectivity index (χ1v) is 5.58. The van der Waals surface area contributed by atoms with Gasteiger partial charge in [0.15, 0.2) is 0 Å². The van der Waals surface area contributed by atoms with Gasteiger partial charge in [-0.05, 0) is 25.5 Å². The van der Waals surface area contributed by atoms with Crippen molar-refractivity contribution in [3.63, 3.8) is 0 Å². The van der Waals surface area contributed by atoms with E-state index < -0.39 is 0 Å². The molecule has 0 aromatic heterocycles. The van der Waals surface area contributed by atoms with Crippen LogP contribution in [0.25, 0.3) is 0 Å². The van der Waals surface area contributed by atoms with Gasteiger partial charge in [0.25, 0.3) is 5.69 Å². The second-order valence-corrected chi connectivity index (χ2v) is 3.90. The molecule has 17 heavy (non-hydrogen) atoms. The average molecular weight is 238 g/mol. The Morgan fingerprint density at radius 3 is 2.88 bits per heavy atom. The summed E-state index contributed by atoms with van der Waals surface area (Å²) in [7, 11) is 1.67. The van der Waals surface area contributed by atoms with Gasteiger partial charge in [-0.1, -0.05) is 12.1 Å². The molecule has 5 heteroatoms. The lowest BCUT2D eigenvalue weighted by Crippen LogP contribution is -2.16. The fourth-order valence-electron chi connectivity index (χ4n) is 1.54. The zero-order valence-electron chi connectivity index (χ0n) is 10.2. The lowest BCUT2D eigenvalue weighted by atomic mass is 10.1. The maximum Gasteiger partial charge on any atom is 0.272 e. The second-order valence-electron chi connectivity index (χ2n) is 3.90. The molecular formula is C12H18N2O3. The molecule has 0 aliphatic heterocycles. The smallest absolute Gasteiger partial charge is 0.272 e. The van der Waals surface area contributed by atoms with Crippen LogP contribution >= 0.6 is 0 Å². The standard InChI is InChI=1S/C12H18N2O3/c1-10-4-5-11(8-12(10)14(15)16)9-13-6-3-7-17-2/h4-5,8,13H,3,6-7,9H2,1-2H3. The Hall–Kier alpha value is -1.46. The van der Waals surface area contributed by atoms with Crippen LogP contribution in [0.15, 0.2) is 18.2 Å². The van der Waals surface area contributed by atoms with Crippen LogP contribution < -0.4 is 5.32 Å². The van der Waals surface area contributed by atoms with Crippen molar-refractivity contribution in [2.24, 2.45) is 0 Å². The van der Waals surface area contributed by atoms with E-state index in [0.717, 1.165) is 25.1 Å². The molecule has 0 fully saturated rings. The first kappa shape index (κ1) is 13.6. The summed E-state index contributed by atoms with van der Waals surface area (Å²) in [6.07, 6.45) is 0.935. The van der Waals surface area contributed by atoms with Gasteiger partial charge in [-0.3, -0.25) is 10.1 Å². The number of rotatable bonds is 7. The summed E-state index contributed by atoms with van der Waals surface area (Å²) in [5, 5.41) is 14.0. The summed E-state index contributed by atoms with van der Waals surface area (Å²) in [4.78, 5) is 10.4. The molecule has 1 rings (SSSR count). The molecule has 0 radical (unpaired) electrons. The molecule has 0 atom stereocenters. The fourth-order valence-corrected chi connectivity index (χ4v) is 1.54. The number of nitrogens with zero attached hydrogens (tertiary/aromatic N) is 1. The predicted molar refractivity (Wildman–Crippen MR) is 66.0 cm³/mol. The summed E-state index contributed by atoms with van der Waals surface area (Å²) in [5.74, 6) is 0. The number of nitro groups is 1. The van der Waals surface area contributed by atoms with Gasteiger partial charge in [0.2, 0.25) is 0 Å². The molecule has 1 N–H and O–H groups in total. The Kier molecular flexibility index (Phi) is 5.59. The predicted octanol–water partition coefficient (Wildman–Crippen LogP) is 2.03. The van der Waals surface area contributed by atoms with Gasteiger partial charge in [0, 0.05) is 31.9 Å². The molecule has 0 bridgehead atoms. The highest BCUT2D eigenvalue weighted by Gasteiger charge is 2.10. The normalized spacial score (nSPS) is 10.5. The van der Waals surface area contributed by atoms with Crippen molar-refractivity contribution in [2.75, 3.05) is 20.3 Å². The van der Waals surface area contributed by atoms with Crippen LogP contribution in [-0.4, -0.2) is 25.2 Å².